The van der Waals surface area contributed by atoms with E-state index in [1.54, 1.807) is 0 Å². The molecule has 6 nitrogen and oxygen atoms in total. The van der Waals surface area contributed by atoms with Crippen molar-refractivity contribution >= 4 is 0 Å². The number of rotatable bonds is 7. The van der Waals surface area contributed by atoms with Crippen molar-refractivity contribution in [2.45, 2.75) is 6.61 Å². The van der Waals surface area contributed by atoms with E-state index in [0.717, 1.165) is 0 Å². The van der Waals surface area contributed by atoms with Crippen LogP contribution < -0.4 is 9.47 Å². The molecule has 1 aromatic rings. The summed E-state index contributed by atoms with van der Waals surface area (Å²) in [4.78, 5) is 11.7. The molecule has 16 heavy (non-hydrogen) atoms. The summed E-state index contributed by atoms with van der Waals surface area (Å²) in [7, 11) is 0. The van der Waals surface area contributed by atoms with Crippen molar-refractivity contribution < 1.29 is 14.2 Å². The third-order valence-corrected chi connectivity index (χ3v) is 1.35. The smallest absolute Gasteiger partial charge is 0.327 e. The quantitative estimate of drug-likeness (QED) is 0.651. The SMILES string of the molecule is C=COCc1nc(OC=C)nc(OC=C)n1. The van der Waals surface area contributed by atoms with Gasteiger partial charge in [-0.2, -0.15) is 9.97 Å². The molecule has 0 spiro atoms. The Balaban J connectivity index is 2.92. The van der Waals surface area contributed by atoms with Crippen LogP contribution in [0, 0.1) is 0 Å². The summed E-state index contributed by atoms with van der Waals surface area (Å²) in [5.74, 6) is 0.351. The maximum absolute atomic E-state index is 4.93. The van der Waals surface area contributed by atoms with Gasteiger partial charge in [0, 0.05) is 0 Å². The number of ether oxygens (including phenoxy) is 3. The van der Waals surface area contributed by atoms with E-state index in [2.05, 4.69) is 34.7 Å². The molecule has 0 saturated carbocycles. The molecule has 0 amide bonds. The topological polar surface area (TPSA) is 66.4 Å². The van der Waals surface area contributed by atoms with Gasteiger partial charge in [0.1, 0.15) is 6.61 Å². The third-order valence-electron chi connectivity index (χ3n) is 1.35. The predicted octanol–water partition coefficient (Wildman–Crippen LogP) is 1.58. The fourth-order valence-electron chi connectivity index (χ4n) is 0.830. The largest absolute Gasteiger partial charge is 0.494 e. The summed E-state index contributed by atoms with van der Waals surface area (Å²) in [6.45, 7) is 10.3. The Bertz CT molecular complexity index is 365. The first-order valence-electron chi connectivity index (χ1n) is 4.32. The number of nitrogens with zero attached hydrogens (tertiary/aromatic N) is 3. The Morgan fingerprint density at radius 1 is 0.875 bits per heavy atom. The lowest BCUT2D eigenvalue weighted by Gasteiger charge is -2.04. The zero-order valence-corrected chi connectivity index (χ0v) is 8.63. The van der Waals surface area contributed by atoms with Gasteiger partial charge in [-0.15, -0.1) is 4.98 Å². The Morgan fingerprint density at radius 3 is 1.88 bits per heavy atom. The molecular weight excluding hydrogens is 210 g/mol. The van der Waals surface area contributed by atoms with E-state index in [-0.39, 0.29) is 18.6 Å². The van der Waals surface area contributed by atoms with Crippen LogP contribution in [0.1, 0.15) is 5.82 Å². The normalized spacial score (nSPS) is 9.00. The molecule has 0 N–H and O–H groups in total. The Kier molecular flexibility index (Phi) is 4.52. The maximum atomic E-state index is 4.93. The van der Waals surface area contributed by atoms with Gasteiger partial charge >= 0.3 is 12.0 Å². The van der Waals surface area contributed by atoms with Gasteiger partial charge in [-0.05, 0) is 0 Å². The van der Waals surface area contributed by atoms with Gasteiger partial charge in [0.25, 0.3) is 0 Å². The molecule has 0 unspecified atom stereocenters. The average molecular weight is 221 g/mol. The van der Waals surface area contributed by atoms with Crippen LogP contribution >= 0.6 is 0 Å². The summed E-state index contributed by atoms with van der Waals surface area (Å²) >= 11 is 0. The Morgan fingerprint density at radius 2 is 1.44 bits per heavy atom. The molecule has 0 aromatic carbocycles. The van der Waals surface area contributed by atoms with E-state index in [9.17, 15) is 0 Å². The van der Waals surface area contributed by atoms with Crippen LogP contribution in [0.25, 0.3) is 0 Å². The third kappa shape index (κ3) is 3.41. The molecule has 0 saturated heterocycles. The first-order valence-corrected chi connectivity index (χ1v) is 4.32. The second-order valence-corrected chi connectivity index (χ2v) is 2.36. The minimum absolute atomic E-state index is 0.0736. The first kappa shape index (κ1) is 11.7. The van der Waals surface area contributed by atoms with Crippen LogP contribution in [0.4, 0.5) is 0 Å². The highest BCUT2D eigenvalue weighted by Crippen LogP contribution is 2.10. The molecule has 0 aliphatic rings. The first-order chi connectivity index (χ1) is 7.80. The molecule has 1 aromatic heterocycles. The molecule has 0 fully saturated rings. The standard InChI is InChI=1S/C10H11N3O3/c1-4-14-7-8-11-9(15-5-2)13-10(12-8)16-6-3/h4-6H,1-3,7H2. The zero-order chi connectivity index (χ0) is 11.8. The minimum Gasteiger partial charge on any atom is -0.494 e. The van der Waals surface area contributed by atoms with Crippen molar-refractivity contribution in [1.82, 2.24) is 15.0 Å². The summed E-state index contributed by atoms with van der Waals surface area (Å²) < 4.78 is 14.8. The maximum Gasteiger partial charge on any atom is 0.327 e. The molecule has 1 heterocycles. The molecular formula is C10H11N3O3. The van der Waals surface area contributed by atoms with Crippen molar-refractivity contribution in [2.24, 2.45) is 0 Å². The highest BCUT2D eigenvalue weighted by Gasteiger charge is 2.07. The monoisotopic (exact) mass is 221 g/mol. The minimum atomic E-state index is 0.0736. The van der Waals surface area contributed by atoms with E-state index in [1.807, 2.05) is 0 Å². The van der Waals surface area contributed by atoms with Crippen molar-refractivity contribution in [3.63, 3.8) is 0 Å². The van der Waals surface area contributed by atoms with Crippen molar-refractivity contribution in [3.05, 3.63) is 44.3 Å². The highest BCUT2D eigenvalue weighted by atomic mass is 16.5. The zero-order valence-electron chi connectivity index (χ0n) is 8.63. The molecule has 0 aliphatic heterocycles. The predicted molar refractivity (Wildman–Crippen MR) is 56.5 cm³/mol. The average Bonchev–Trinajstić information content (AvgIpc) is 2.27. The number of hydrogen-bond donors (Lipinski definition) is 0. The summed E-state index contributed by atoms with van der Waals surface area (Å²) in [5.41, 5.74) is 0. The van der Waals surface area contributed by atoms with Crippen LogP contribution in [0.2, 0.25) is 0 Å². The highest BCUT2D eigenvalue weighted by molar-refractivity contribution is 5.06. The summed E-state index contributed by atoms with van der Waals surface area (Å²) in [5, 5.41) is 0. The van der Waals surface area contributed by atoms with Crippen LogP contribution in [-0.2, 0) is 11.3 Å². The molecule has 0 atom stereocenters. The second kappa shape index (κ2) is 6.18. The number of hydrogen-bond acceptors (Lipinski definition) is 6. The van der Waals surface area contributed by atoms with Crippen molar-refractivity contribution in [2.75, 3.05) is 0 Å². The lowest BCUT2D eigenvalue weighted by molar-refractivity contribution is 0.225. The van der Waals surface area contributed by atoms with Gasteiger partial charge in [0.2, 0.25) is 0 Å². The van der Waals surface area contributed by atoms with Gasteiger partial charge in [-0.3, -0.25) is 0 Å². The number of aromatic nitrogens is 3. The molecule has 84 valence electrons. The van der Waals surface area contributed by atoms with Gasteiger partial charge in [-0.25, -0.2) is 0 Å². The van der Waals surface area contributed by atoms with Gasteiger partial charge in [0.05, 0.1) is 18.8 Å². The van der Waals surface area contributed by atoms with Gasteiger partial charge < -0.3 is 14.2 Å². The van der Waals surface area contributed by atoms with E-state index >= 15 is 0 Å². The van der Waals surface area contributed by atoms with E-state index < -0.39 is 0 Å². The van der Waals surface area contributed by atoms with Crippen molar-refractivity contribution in [1.29, 1.82) is 0 Å². The van der Waals surface area contributed by atoms with Crippen molar-refractivity contribution in [3.8, 4) is 12.0 Å². The van der Waals surface area contributed by atoms with Crippen LogP contribution in [0.3, 0.4) is 0 Å². The van der Waals surface area contributed by atoms with E-state index in [0.29, 0.717) is 5.82 Å². The Hall–Kier alpha value is -2.37. The van der Waals surface area contributed by atoms with Crippen LogP contribution in [0.15, 0.2) is 38.5 Å². The van der Waals surface area contributed by atoms with Crippen LogP contribution in [-0.4, -0.2) is 15.0 Å². The summed E-state index contributed by atoms with van der Waals surface area (Å²) in [6.07, 6.45) is 3.68. The molecule has 1 rings (SSSR count). The fraction of sp³-hybridized carbons (Fsp3) is 0.100. The second-order valence-electron chi connectivity index (χ2n) is 2.36. The van der Waals surface area contributed by atoms with Crippen LogP contribution in [0.5, 0.6) is 12.0 Å². The molecule has 0 aliphatic carbocycles. The van der Waals surface area contributed by atoms with E-state index in [4.69, 9.17) is 14.2 Å². The van der Waals surface area contributed by atoms with Gasteiger partial charge in [0.15, 0.2) is 5.82 Å². The lowest BCUT2D eigenvalue weighted by Crippen LogP contribution is -2.03. The lowest BCUT2D eigenvalue weighted by atomic mass is 10.6. The van der Waals surface area contributed by atoms with E-state index in [1.165, 1.54) is 18.8 Å². The molecule has 0 radical (unpaired) electrons. The molecule has 0 bridgehead atoms. The Labute approximate surface area is 92.9 Å². The van der Waals surface area contributed by atoms with Gasteiger partial charge in [-0.1, -0.05) is 19.7 Å². The fourth-order valence-corrected chi connectivity index (χ4v) is 0.830. The molecule has 6 heteroatoms. The summed E-state index contributed by atoms with van der Waals surface area (Å²) in [6, 6.07) is 0.147.